The third-order valence-electron chi connectivity index (χ3n) is 3.81. The van der Waals surface area contributed by atoms with E-state index < -0.39 is 12.0 Å². The summed E-state index contributed by atoms with van der Waals surface area (Å²) in [5.74, 6) is -0.415. The molecule has 130 valence electrons. The molecule has 1 aromatic carbocycles. The number of rotatable bonds is 6. The highest BCUT2D eigenvalue weighted by molar-refractivity contribution is 7.99. The number of likely N-dealkylation sites (N-methyl/N-ethyl adjacent to an activating group) is 1. The van der Waals surface area contributed by atoms with Gasteiger partial charge in [-0.1, -0.05) is 11.6 Å². The summed E-state index contributed by atoms with van der Waals surface area (Å²) in [7, 11) is 0. The number of carbonyl (C=O) groups is 3. The summed E-state index contributed by atoms with van der Waals surface area (Å²) in [6.45, 7) is 2.36. The van der Waals surface area contributed by atoms with Gasteiger partial charge in [0.1, 0.15) is 6.04 Å². The molecule has 6 nitrogen and oxygen atoms in total. The van der Waals surface area contributed by atoms with E-state index in [1.165, 1.54) is 16.7 Å². The van der Waals surface area contributed by atoms with Gasteiger partial charge in [0.2, 0.25) is 5.91 Å². The number of aliphatic carboxylic acids is 1. The summed E-state index contributed by atoms with van der Waals surface area (Å²) in [6, 6.07) is 5.99. The van der Waals surface area contributed by atoms with E-state index in [1.54, 1.807) is 36.1 Å². The third-order valence-corrected chi connectivity index (χ3v) is 5.07. The molecule has 0 spiro atoms. The van der Waals surface area contributed by atoms with Gasteiger partial charge >= 0.3 is 5.97 Å². The Kier molecular flexibility index (Phi) is 6.51. The monoisotopic (exact) mass is 370 g/mol. The lowest BCUT2D eigenvalue weighted by atomic mass is 10.1. The number of nitrogens with zero attached hydrogens (tertiary/aromatic N) is 2. The second kappa shape index (κ2) is 8.39. The van der Waals surface area contributed by atoms with E-state index >= 15 is 0 Å². The first kappa shape index (κ1) is 18.6. The molecule has 1 aliphatic rings. The van der Waals surface area contributed by atoms with Gasteiger partial charge in [0.15, 0.2) is 0 Å². The standard InChI is InChI=1S/C16H19ClN2O4S/c1-2-18(8-7-14(20)21)16(23)13-9-24-10-19(13)15(22)11-3-5-12(17)6-4-11/h3-6,13H,2,7-10H2,1H3,(H,20,21). The van der Waals surface area contributed by atoms with Gasteiger partial charge in [-0.05, 0) is 31.2 Å². The van der Waals surface area contributed by atoms with Gasteiger partial charge < -0.3 is 14.9 Å². The van der Waals surface area contributed by atoms with Crippen molar-refractivity contribution in [3.8, 4) is 0 Å². The molecule has 1 saturated heterocycles. The summed E-state index contributed by atoms with van der Waals surface area (Å²) in [5.41, 5.74) is 0.480. The fraction of sp³-hybridized carbons (Fsp3) is 0.438. The van der Waals surface area contributed by atoms with Crippen molar-refractivity contribution in [3.05, 3.63) is 34.9 Å². The van der Waals surface area contributed by atoms with Crippen LogP contribution in [0.1, 0.15) is 23.7 Å². The second-order valence-electron chi connectivity index (χ2n) is 5.36. The van der Waals surface area contributed by atoms with Gasteiger partial charge in [-0.25, -0.2) is 0 Å². The molecule has 1 N–H and O–H groups in total. The maximum Gasteiger partial charge on any atom is 0.305 e. The molecule has 1 aliphatic heterocycles. The Bertz CT molecular complexity index is 623. The highest BCUT2D eigenvalue weighted by Crippen LogP contribution is 2.25. The summed E-state index contributed by atoms with van der Waals surface area (Å²) in [4.78, 5) is 39.1. The number of halogens is 1. The minimum Gasteiger partial charge on any atom is -0.481 e. The average molecular weight is 371 g/mol. The number of hydrogen-bond donors (Lipinski definition) is 1. The predicted octanol–water partition coefficient (Wildman–Crippen LogP) is 2.18. The molecule has 1 unspecified atom stereocenters. The molecule has 0 radical (unpaired) electrons. The molecule has 0 aliphatic carbocycles. The lowest BCUT2D eigenvalue weighted by molar-refractivity contribution is -0.139. The fourth-order valence-electron chi connectivity index (χ4n) is 2.47. The highest BCUT2D eigenvalue weighted by atomic mass is 35.5. The van der Waals surface area contributed by atoms with Crippen LogP contribution in [0.2, 0.25) is 5.02 Å². The maximum absolute atomic E-state index is 12.7. The van der Waals surface area contributed by atoms with E-state index in [0.717, 1.165) is 0 Å². The van der Waals surface area contributed by atoms with Crippen molar-refractivity contribution < 1.29 is 19.5 Å². The molecule has 0 aromatic heterocycles. The molecule has 0 bridgehead atoms. The van der Waals surface area contributed by atoms with Gasteiger partial charge in [-0.15, -0.1) is 11.8 Å². The number of carboxylic acid groups (broad SMARTS) is 1. The molecule has 0 saturated carbocycles. The van der Waals surface area contributed by atoms with Crippen molar-refractivity contribution in [2.24, 2.45) is 0 Å². The van der Waals surface area contributed by atoms with Crippen LogP contribution in [0, 0.1) is 0 Å². The molecular weight excluding hydrogens is 352 g/mol. The number of amides is 2. The molecule has 8 heteroatoms. The van der Waals surface area contributed by atoms with Crippen molar-refractivity contribution in [2.45, 2.75) is 19.4 Å². The minimum atomic E-state index is -0.948. The number of carbonyl (C=O) groups excluding carboxylic acids is 2. The Morgan fingerprint density at radius 1 is 1.33 bits per heavy atom. The van der Waals surface area contributed by atoms with E-state index in [9.17, 15) is 14.4 Å². The van der Waals surface area contributed by atoms with Crippen molar-refractivity contribution >= 4 is 41.1 Å². The number of hydrogen-bond acceptors (Lipinski definition) is 4. The van der Waals surface area contributed by atoms with Gasteiger partial charge in [0.05, 0.1) is 12.3 Å². The van der Waals surface area contributed by atoms with Crippen LogP contribution in [0.5, 0.6) is 0 Å². The van der Waals surface area contributed by atoms with Crippen LogP contribution < -0.4 is 0 Å². The highest BCUT2D eigenvalue weighted by Gasteiger charge is 2.37. The van der Waals surface area contributed by atoms with E-state index in [-0.39, 0.29) is 24.8 Å². The maximum atomic E-state index is 12.7. The normalized spacial score (nSPS) is 16.9. The van der Waals surface area contributed by atoms with Crippen LogP contribution in [0.25, 0.3) is 0 Å². The van der Waals surface area contributed by atoms with Crippen molar-refractivity contribution in [1.29, 1.82) is 0 Å². The molecule has 1 atom stereocenters. The quantitative estimate of drug-likeness (QED) is 0.830. The zero-order chi connectivity index (χ0) is 17.7. The Balaban J connectivity index is 2.10. The predicted molar refractivity (Wildman–Crippen MR) is 93.2 cm³/mol. The minimum absolute atomic E-state index is 0.107. The molecule has 2 amide bonds. The molecule has 1 fully saturated rings. The van der Waals surface area contributed by atoms with Crippen LogP contribution >= 0.6 is 23.4 Å². The zero-order valence-electron chi connectivity index (χ0n) is 13.3. The smallest absolute Gasteiger partial charge is 0.305 e. The first-order chi connectivity index (χ1) is 11.4. The molecule has 1 aromatic rings. The summed E-state index contributed by atoms with van der Waals surface area (Å²) < 4.78 is 0. The number of carboxylic acids is 1. The van der Waals surface area contributed by atoms with Crippen molar-refractivity contribution in [1.82, 2.24) is 9.80 Å². The summed E-state index contributed by atoms with van der Waals surface area (Å²) in [5, 5.41) is 9.34. The second-order valence-corrected chi connectivity index (χ2v) is 6.80. The molecule has 24 heavy (non-hydrogen) atoms. The van der Waals surface area contributed by atoms with Gasteiger partial charge in [0, 0.05) is 29.4 Å². The Morgan fingerprint density at radius 3 is 2.58 bits per heavy atom. The Morgan fingerprint density at radius 2 is 2.00 bits per heavy atom. The van der Waals surface area contributed by atoms with Crippen LogP contribution in [0.3, 0.4) is 0 Å². The zero-order valence-corrected chi connectivity index (χ0v) is 14.8. The van der Waals surface area contributed by atoms with Crippen LogP contribution in [0.4, 0.5) is 0 Å². The van der Waals surface area contributed by atoms with Crippen molar-refractivity contribution in [2.75, 3.05) is 24.7 Å². The topological polar surface area (TPSA) is 77.9 Å². The average Bonchev–Trinajstić information content (AvgIpc) is 3.04. The van der Waals surface area contributed by atoms with E-state index in [0.29, 0.717) is 28.8 Å². The summed E-state index contributed by atoms with van der Waals surface area (Å²) in [6.07, 6.45) is -0.107. The van der Waals surface area contributed by atoms with E-state index in [1.807, 2.05) is 0 Å². The first-order valence-corrected chi connectivity index (χ1v) is 9.12. The number of thioether (sulfide) groups is 1. The third kappa shape index (κ3) is 4.42. The van der Waals surface area contributed by atoms with Crippen LogP contribution in [-0.2, 0) is 9.59 Å². The summed E-state index contributed by atoms with van der Waals surface area (Å²) >= 11 is 7.35. The van der Waals surface area contributed by atoms with E-state index in [4.69, 9.17) is 16.7 Å². The van der Waals surface area contributed by atoms with Crippen LogP contribution in [-0.4, -0.2) is 63.5 Å². The number of benzene rings is 1. The lowest BCUT2D eigenvalue weighted by Crippen LogP contribution is -2.49. The van der Waals surface area contributed by atoms with Gasteiger partial charge in [0.25, 0.3) is 5.91 Å². The Labute approximate surface area is 149 Å². The first-order valence-electron chi connectivity index (χ1n) is 7.59. The lowest BCUT2D eigenvalue weighted by Gasteiger charge is -2.29. The van der Waals surface area contributed by atoms with Gasteiger partial charge in [-0.2, -0.15) is 0 Å². The fourth-order valence-corrected chi connectivity index (χ4v) is 3.74. The largest absolute Gasteiger partial charge is 0.481 e. The van der Waals surface area contributed by atoms with Crippen molar-refractivity contribution in [3.63, 3.8) is 0 Å². The SMILES string of the molecule is CCN(CCC(=O)O)C(=O)C1CSCN1C(=O)c1ccc(Cl)cc1. The molecular formula is C16H19ClN2O4S. The molecule has 2 rings (SSSR count). The van der Waals surface area contributed by atoms with E-state index in [2.05, 4.69) is 0 Å². The van der Waals surface area contributed by atoms with Crippen LogP contribution in [0.15, 0.2) is 24.3 Å². The van der Waals surface area contributed by atoms with Gasteiger partial charge in [-0.3, -0.25) is 14.4 Å². The Hall–Kier alpha value is -1.73. The molecule has 1 heterocycles.